The Morgan fingerprint density at radius 3 is 2.79 bits per heavy atom. The van der Waals surface area contributed by atoms with Gasteiger partial charge >= 0.3 is 0 Å². The summed E-state index contributed by atoms with van der Waals surface area (Å²) in [5, 5.41) is -0.207. The fraction of sp³-hybridized carbons (Fsp3) is 0.857. The molecule has 1 aliphatic heterocycles. The molecule has 0 radical (unpaired) electrons. The van der Waals surface area contributed by atoms with Gasteiger partial charge in [0, 0.05) is 19.6 Å². The van der Waals surface area contributed by atoms with Crippen LogP contribution < -0.4 is 4.72 Å². The molecule has 2 aliphatic carbocycles. The third kappa shape index (κ3) is 2.73. The second kappa shape index (κ2) is 5.19. The van der Waals surface area contributed by atoms with E-state index in [9.17, 15) is 8.42 Å². The largest absolute Gasteiger partial charge is 0.302 e. The van der Waals surface area contributed by atoms with Crippen LogP contribution in [0, 0.1) is 17.8 Å². The Hall–Kier alpha value is -0.390. The SMILES string of the molecule is CCNS(=O)(=O)[C@@H]1CCN(C[C@H]2C[C@H]3C=C[C@H]2C3)C1. The highest BCUT2D eigenvalue weighted by Gasteiger charge is 2.39. The van der Waals surface area contributed by atoms with Gasteiger partial charge in [0.1, 0.15) is 0 Å². The lowest BCUT2D eigenvalue weighted by atomic mass is 9.93. The lowest BCUT2D eigenvalue weighted by molar-refractivity contribution is 0.255. The van der Waals surface area contributed by atoms with Crippen molar-refractivity contribution in [2.24, 2.45) is 17.8 Å². The first-order valence-electron chi connectivity index (χ1n) is 7.47. The third-order valence-electron chi connectivity index (χ3n) is 4.92. The van der Waals surface area contributed by atoms with Gasteiger partial charge in [-0.05, 0) is 43.6 Å². The summed E-state index contributed by atoms with van der Waals surface area (Å²) in [6, 6.07) is 0. The molecule has 1 saturated heterocycles. The Morgan fingerprint density at radius 1 is 1.32 bits per heavy atom. The number of likely N-dealkylation sites (tertiary alicyclic amines) is 1. The van der Waals surface area contributed by atoms with Gasteiger partial charge in [0.05, 0.1) is 5.25 Å². The van der Waals surface area contributed by atoms with Crippen molar-refractivity contribution in [3.8, 4) is 0 Å². The van der Waals surface area contributed by atoms with Crippen molar-refractivity contribution >= 4 is 10.0 Å². The van der Waals surface area contributed by atoms with Gasteiger partial charge in [0.2, 0.25) is 10.0 Å². The molecule has 5 heteroatoms. The Morgan fingerprint density at radius 2 is 2.16 bits per heavy atom. The summed E-state index contributed by atoms with van der Waals surface area (Å²) in [4.78, 5) is 2.36. The molecule has 0 amide bonds. The molecule has 0 spiro atoms. The highest BCUT2D eigenvalue weighted by molar-refractivity contribution is 7.90. The average Bonchev–Trinajstić information content (AvgIpc) is 3.04. The van der Waals surface area contributed by atoms with Crippen LogP contribution in [0.25, 0.3) is 0 Å². The van der Waals surface area contributed by atoms with Gasteiger partial charge in [0.15, 0.2) is 0 Å². The highest BCUT2D eigenvalue weighted by Crippen LogP contribution is 2.43. The van der Waals surface area contributed by atoms with Crippen molar-refractivity contribution < 1.29 is 8.42 Å². The van der Waals surface area contributed by atoms with E-state index in [0.717, 1.165) is 37.3 Å². The highest BCUT2D eigenvalue weighted by atomic mass is 32.2. The van der Waals surface area contributed by atoms with E-state index in [1.165, 1.54) is 12.8 Å². The lowest BCUT2D eigenvalue weighted by Gasteiger charge is -2.24. The van der Waals surface area contributed by atoms with Gasteiger partial charge in [-0.3, -0.25) is 0 Å². The average molecular weight is 284 g/mol. The number of sulfonamides is 1. The molecule has 4 nitrogen and oxygen atoms in total. The number of hydrogen-bond acceptors (Lipinski definition) is 3. The zero-order valence-electron chi connectivity index (χ0n) is 11.6. The topological polar surface area (TPSA) is 49.4 Å². The van der Waals surface area contributed by atoms with E-state index in [-0.39, 0.29) is 5.25 Å². The van der Waals surface area contributed by atoms with Crippen molar-refractivity contribution in [3.05, 3.63) is 12.2 Å². The van der Waals surface area contributed by atoms with Crippen LogP contribution in [-0.2, 0) is 10.0 Å². The Balaban J connectivity index is 1.54. The molecule has 0 aromatic carbocycles. The molecule has 108 valence electrons. The number of allylic oxidation sites excluding steroid dienone is 2. The molecule has 0 aromatic rings. The second-order valence-electron chi connectivity index (χ2n) is 6.25. The maximum absolute atomic E-state index is 12.0. The molecule has 0 aromatic heterocycles. The van der Waals surface area contributed by atoms with Crippen LogP contribution in [0.2, 0.25) is 0 Å². The minimum absolute atomic E-state index is 0.207. The first-order chi connectivity index (χ1) is 9.08. The van der Waals surface area contributed by atoms with Crippen LogP contribution in [0.3, 0.4) is 0 Å². The van der Waals surface area contributed by atoms with E-state index in [1.807, 2.05) is 6.92 Å². The molecule has 19 heavy (non-hydrogen) atoms. The lowest BCUT2D eigenvalue weighted by Crippen LogP contribution is -2.37. The number of nitrogens with zero attached hydrogens (tertiary/aromatic N) is 1. The smallest absolute Gasteiger partial charge is 0.215 e. The van der Waals surface area contributed by atoms with E-state index in [0.29, 0.717) is 13.1 Å². The first-order valence-corrected chi connectivity index (χ1v) is 9.02. The molecule has 1 heterocycles. The van der Waals surface area contributed by atoms with Crippen molar-refractivity contribution in [2.75, 3.05) is 26.2 Å². The minimum Gasteiger partial charge on any atom is -0.302 e. The molecular weight excluding hydrogens is 260 g/mol. The zero-order valence-corrected chi connectivity index (χ0v) is 12.4. The summed E-state index contributed by atoms with van der Waals surface area (Å²) in [6.45, 7) is 5.07. The molecule has 3 aliphatic rings. The predicted octanol–water partition coefficient (Wildman–Crippen LogP) is 1.21. The van der Waals surface area contributed by atoms with Crippen molar-refractivity contribution in [1.29, 1.82) is 0 Å². The standard InChI is InChI=1S/C14H24N2O2S/c1-2-15-19(17,18)14-5-6-16(10-14)9-13-8-11-3-4-12(13)7-11/h3-4,11-15H,2,5-10H2,1H3/t11-,12-,13+,14+/m0/s1. The van der Waals surface area contributed by atoms with E-state index in [4.69, 9.17) is 0 Å². The van der Waals surface area contributed by atoms with Gasteiger partial charge in [-0.15, -0.1) is 0 Å². The summed E-state index contributed by atoms with van der Waals surface area (Å²) in [6.07, 6.45) is 8.16. The summed E-state index contributed by atoms with van der Waals surface area (Å²) in [5.74, 6) is 2.32. The Labute approximate surface area is 116 Å². The molecule has 4 atom stereocenters. The van der Waals surface area contributed by atoms with Crippen molar-refractivity contribution in [2.45, 2.75) is 31.4 Å². The maximum Gasteiger partial charge on any atom is 0.215 e. The summed E-state index contributed by atoms with van der Waals surface area (Å²) in [7, 11) is -3.09. The van der Waals surface area contributed by atoms with Gasteiger partial charge in [0.25, 0.3) is 0 Å². The van der Waals surface area contributed by atoms with Crippen LogP contribution in [0.4, 0.5) is 0 Å². The molecule has 1 saturated carbocycles. The Bertz CT molecular complexity index is 460. The van der Waals surface area contributed by atoms with Crippen molar-refractivity contribution in [1.82, 2.24) is 9.62 Å². The quantitative estimate of drug-likeness (QED) is 0.772. The minimum atomic E-state index is -3.09. The van der Waals surface area contributed by atoms with Gasteiger partial charge in [-0.1, -0.05) is 19.1 Å². The van der Waals surface area contributed by atoms with E-state index in [1.54, 1.807) is 0 Å². The third-order valence-corrected chi connectivity index (χ3v) is 6.88. The maximum atomic E-state index is 12.0. The molecule has 2 bridgehead atoms. The van der Waals surface area contributed by atoms with Crippen LogP contribution >= 0.6 is 0 Å². The summed E-state index contributed by atoms with van der Waals surface area (Å²) in [5.41, 5.74) is 0. The first kappa shape index (κ1) is 13.6. The molecule has 1 N–H and O–H groups in total. The fourth-order valence-electron chi connectivity index (χ4n) is 3.97. The van der Waals surface area contributed by atoms with Crippen molar-refractivity contribution in [3.63, 3.8) is 0 Å². The van der Waals surface area contributed by atoms with E-state index >= 15 is 0 Å². The predicted molar refractivity (Wildman–Crippen MR) is 76.3 cm³/mol. The van der Waals surface area contributed by atoms with Crippen LogP contribution in [0.15, 0.2) is 12.2 Å². The summed E-state index contributed by atoms with van der Waals surface area (Å²) >= 11 is 0. The normalized spacial score (nSPS) is 38.4. The zero-order chi connectivity index (χ0) is 13.5. The molecule has 2 fully saturated rings. The number of hydrogen-bond donors (Lipinski definition) is 1. The number of rotatable bonds is 5. The molecule has 3 rings (SSSR count). The number of nitrogens with one attached hydrogen (secondary N) is 1. The Kier molecular flexibility index (Phi) is 3.71. The fourth-order valence-corrected chi connectivity index (χ4v) is 5.43. The summed E-state index contributed by atoms with van der Waals surface area (Å²) < 4.78 is 26.6. The number of fused-ring (bicyclic) bond motifs is 2. The monoisotopic (exact) mass is 284 g/mol. The van der Waals surface area contributed by atoms with Crippen LogP contribution in [-0.4, -0.2) is 44.7 Å². The van der Waals surface area contributed by atoms with Gasteiger partial charge < -0.3 is 4.90 Å². The van der Waals surface area contributed by atoms with Gasteiger partial charge in [-0.2, -0.15) is 0 Å². The van der Waals surface area contributed by atoms with Gasteiger partial charge in [-0.25, -0.2) is 13.1 Å². The van der Waals surface area contributed by atoms with E-state index < -0.39 is 10.0 Å². The second-order valence-corrected chi connectivity index (χ2v) is 8.30. The van der Waals surface area contributed by atoms with Crippen LogP contribution in [0.1, 0.15) is 26.2 Å². The molecule has 0 unspecified atom stereocenters. The van der Waals surface area contributed by atoms with E-state index in [2.05, 4.69) is 21.8 Å². The molecular formula is C14H24N2O2S. The van der Waals surface area contributed by atoms with Crippen LogP contribution in [0.5, 0.6) is 0 Å².